The van der Waals surface area contributed by atoms with Gasteiger partial charge < -0.3 is 10.6 Å². The molecule has 0 spiro atoms. The van der Waals surface area contributed by atoms with Crippen molar-refractivity contribution in [1.29, 1.82) is 0 Å². The number of aryl methyl sites for hydroxylation is 2. The second-order valence-electron chi connectivity index (χ2n) is 13.2. The van der Waals surface area contributed by atoms with Crippen molar-refractivity contribution in [1.82, 2.24) is 5.32 Å². The van der Waals surface area contributed by atoms with Crippen molar-refractivity contribution >= 4 is 75.0 Å². The van der Waals surface area contributed by atoms with E-state index in [-0.39, 0.29) is 17.6 Å². The molecule has 2 amide bonds. The number of pyridine rings is 2. The molecule has 0 aliphatic rings. The van der Waals surface area contributed by atoms with Crippen LogP contribution in [-0.4, -0.2) is 41.4 Å². The lowest BCUT2D eigenvalue weighted by Gasteiger charge is -2.05. The second kappa shape index (κ2) is 23.8. The van der Waals surface area contributed by atoms with E-state index in [1.165, 1.54) is 6.92 Å². The van der Waals surface area contributed by atoms with Gasteiger partial charge >= 0.3 is 0 Å². The highest BCUT2D eigenvalue weighted by molar-refractivity contribution is 8.76. The molecular formula is C44H52N4O4S2+2. The quantitative estimate of drug-likeness (QED) is 0.0455. The van der Waals surface area contributed by atoms with E-state index in [4.69, 9.17) is 0 Å². The van der Waals surface area contributed by atoms with E-state index in [0.29, 0.717) is 38.0 Å². The van der Waals surface area contributed by atoms with Crippen LogP contribution in [0, 0.1) is 0 Å². The van der Waals surface area contributed by atoms with Crippen LogP contribution in [0.25, 0.3) is 24.3 Å². The van der Waals surface area contributed by atoms with Gasteiger partial charge in [0.05, 0.1) is 0 Å². The first-order chi connectivity index (χ1) is 26.2. The van der Waals surface area contributed by atoms with Gasteiger partial charge in [0.1, 0.15) is 24.7 Å². The van der Waals surface area contributed by atoms with E-state index in [1.807, 2.05) is 79.4 Å². The summed E-state index contributed by atoms with van der Waals surface area (Å²) < 4.78 is 4.20. The van der Waals surface area contributed by atoms with Crippen LogP contribution in [0.3, 0.4) is 0 Å². The number of benzene rings is 2. The third-order valence-electron chi connectivity index (χ3n) is 8.40. The number of Topliss-reactive ketones (excluding diaryl/α,β-unsaturated/α-hetero) is 2. The molecule has 2 aromatic heterocycles. The van der Waals surface area contributed by atoms with Crippen LogP contribution in [0.2, 0.25) is 0 Å². The number of carbonyl (C=O) groups excluding carboxylic acids is 4. The molecule has 0 radical (unpaired) electrons. The molecule has 2 heterocycles. The zero-order valence-corrected chi connectivity index (χ0v) is 33.0. The van der Waals surface area contributed by atoms with Gasteiger partial charge in [0.25, 0.3) is 0 Å². The Morgan fingerprint density at radius 1 is 0.593 bits per heavy atom. The first kappa shape index (κ1) is 41.9. The molecule has 10 heteroatoms. The third-order valence-corrected chi connectivity index (χ3v) is 10.9. The van der Waals surface area contributed by atoms with E-state index >= 15 is 0 Å². The van der Waals surface area contributed by atoms with E-state index in [0.717, 1.165) is 77.4 Å². The van der Waals surface area contributed by atoms with E-state index < -0.39 is 0 Å². The zero-order valence-electron chi connectivity index (χ0n) is 31.4. The number of nitrogens with zero attached hydrogens (tertiary/aromatic N) is 2. The van der Waals surface area contributed by atoms with Crippen LogP contribution >= 0.6 is 21.6 Å². The van der Waals surface area contributed by atoms with Crippen molar-refractivity contribution in [3.8, 4) is 0 Å². The predicted octanol–water partition coefficient (Wildman–Crippen LogP) is 7.80. The van der Waals surface area contributed by atoms with Gasteiger partial charge in [0.2, 0.25) is 11.8 Å². The number of ketones is 2. The van der Waals surface area contributed by atoms with Crippen LogP contribution < -0.4 is 19.8 Å². The molecule has 0 saturated carbocycles. The molecule has 0 aliphatic heterocycles. The number of aromatic nitrogens is 2. The van der Waals surface area contributed by atoms with Gasteiger partial charge in [-0.2, -0.15) is 0 Å². The molecule has 8 nitrogen and oxygen atoms in total. The van der Waals surface area contributed by atoms with Crippen LogP contribution in [0.15, 0.2) is 97.6 Å². The Morgan fingerprint density at radius 3 is 1.61 bits per heavy atom. The maximum Gasteiger partial charge on any atom is 0.221 e. The molecule has 0 saturated heterocycles. The number of amides is 2. The van der Waals surface area contributed by atoms with Crippen molar-refractivity contribution in [2.24, 2.45) is 0 Å². The fraction of sp³-hybridized carbons (Fsp3) is 0.318. The van der Waals surface area contributed by atoms with Gasteiger partial charge in [-0.3, -0.25) is 19.2 Å². The summed E-state index contributed by atoms with van der Waals surface area (Å²) in [6.07, 6.45) is 21.0. The smallest absolute Gasteiger partial charge is 0.221 e. The van der Waals surface area contributed by atoms with Crippen molar-refractivity contribution in [3.05, 3.63) is 125 Å². The molecule has 0 bridgehead atoms. The third kappa shape index (κ3) is 17.4. The predicted molar refractivity (Wildman–Crippen MR) is 223 cm³/mol. The molecular weight excluding hydrogens is 713 g/mol. The molecule has 2 aromatic carbocycles. The maximum atomic E-state index is 12.4. The topological polar surface area (TPSA) is 100 Å². The van der Waals surface area contributed by atoms with Gasteiger partial charge in [0.15, 0.2) is 24.8 Å². The molecule has 0 aliphatic carbocycles. The Kier molecular flexibility index (Phi) is 18.5. The van der Waals surface area contributed by atoms with Gasteiger partial charge in [-0.15, -0.1) is 0 Å². The minimum absolute atomic E-state index is 0.0785. The van der Waals surface area contributed by atoms with Crippen molar-refractivity contribution < 1.29 is 28.3 Å². The summed E-state index contributed by atoms with van der Waals surface area (Å²) in [4.78, 5) is 47.1. The average molecular weight is 765 g/mol. The molecule has 4 aromatic rings. The summed E-state index contributed by atoms with van der Waals surface area (Å²) in [6, 6.07) is 24.0. The van der Waals surface area contributed by atoms with Crippen molar-refractivity contribution in [2.45, 2.75) is 71.9 Å². The van der Waals surface area contributed by atoms with E-state index in [2.05, 4.69) is 62.3 Å². The Hall–Kier alpha value is -4.80. The highest BCUT2D eigenvalue weighted by Gasteiger charge is 2.07. The zero-order chi connectivity index (χ0) is 38.4. The van der Waals surface area contributed by atoms with Gasteiger partial charge in [-0.05, 0) is 53.3 Å². The Morgan fingerprint density at radius 2 is 1.07 bits per heavy atom. The monoisotopic (exact) mass is 764 g/mol. The van der Waals surface area contributed by atoms with Crippen molar-refractivity contribution in [3.63, 3.8) is 0 Å². The number of carbonyl (C=O) groups is 4. The van der Waals surface area contributed by atoms with Crippen LogP contribution in [0.1, 0.15) is 80.2 Å². The SMILES string of the molecule is CC(=O)Cc1ccc(/C=C/c2cc[n+](CCCC(=O)NCCSSCCCC(=O)CCC[n+]3ccc(/C=C/c4ccc(NC(C)=O)cc4)cc3)cc2)cc1. The number of anilines is 1. The molecule has 54 heavy (non-hydrogen) atoms. The fourth-order valence-corrected chi connectivity index (χ4v) is 7.52. The molecule has 0 unspecified atom stereocenters. The minimum Gasteiger partial charge on any atom is -0.355 e. The first-order valence-electron chi connectivity index (χ1n) is 18.5. The minimum atomic E-state index is -0.0830. The molecule has 0 fully saturated rings. The summed E-state index contributed by atoms with van der Waals surface area (Å²) in [5.74, 6) is 2.24. The van der Waals surface area contributed by atoms with Crippen LogP contribution in [0.4, 0.5) is 5.69 Å². The number of hydrogen-bond acceptors (Lipinski definition) is 6. The molecule has 2 N–H and O–H groups in total. The van der Waals surface area contributed by atoms with Gasteiger partial charge in [0, 0.05) is 93.5 Å². The largest absolute Gasteiger partial charge is 0.355 e. The summed E-state index contributed by atoms with van der Waals surface area (Å²) in [7, 11) is 3.51. The van der Waals surface area contributed by atoms with Crippen LogP contribution in [-0.2, 0) is 38.7 Å². The highest BCUT2D eigenvalue weighted by atomic mass is 33.1. The normalized spacial score (nSPS) is 11.2. The van der Waals surface area contributed by atoms with Crippen molar-refractivity contribution in [2.75, 3.05) is 23.4 Å². The lowest BCUT2D eigenvalue weighted by Crippen LogP contribution is -2.34. The van der Waals surface area contributed by atoms with Gasteiger partial charge in [-0.25, -0.2) is 9.13 Å². The number of hydrogen-bond donors (Lipinski definition) is 2. The Bertz CT molecular complexity index is 1700. The van der Waals surface area contributed by atoms with Gasteiger partial charge in [-0.1, -0.05) is 82.3 Å². The fourth-order valence-electron chi connectivity index (χ4n) is 5.53. The lowest BCUT2D eigenvalue weighted by molar-refractivity contribution is -0.697. The Balaban J connectivity index is 0.967. The Labute approximate surface area is 328 Å². The molecule has 282 valence electrons. The summed E-state index contributed by atoms with van der Waals surface area (Å²) >= 11 is 0. The molecule has 0 atom stereocenters. The molecule has 4 rings (SSSR count). The summed E-state index contributed by atoms with van der Waals surface area (Å²) in [5, 5.41) is 5.78. The number of nitrogens with one attached hydrogen (secondary N) is 2. The average Bonchev–Trinajstić information content (AvgIpc) is 3.16. The lowest BCUT2D eigenvalue weighted by atomic mass is 10.1. The highest BCUT2D eigenvalue weighted by Crippen LogP contribution is 2.22. The van der Waals surface area contributed by atoms with Crippen LogP contribution in [0.5, 0.6) is 0 Å². The standard InChI is InChI=1S/C44H50N4O4S2/c1-35(49)34-41-15-13-37(14-16-41)9-11-39-23-30-48(31-24-39)27-4-8-44(52)45-25-33-54-53-32-5-7-43(51)6-3-26-47-28-21-40(22-29-47)12-10-38-17-19-42(20-18-38)46-36(2)50/h9-24,28-31H,3-8,25-27,32-34H2,1-2H3/p+2/b11-9+. The summed E-state index contributed by atoms with van der Waals surface area (Å²) in [5.41, 5.74) is 6.15. The maximum absolute atomic E-state index is 12.4. The first-order valence-corrected chi connectivity index (χ1v) is 21.0. The van der Waals surface area contributed by atoms with E-state index in [9.17, 15) is 19.2 Å². The van der Waals surface area contributed by atoms with E-state index in [1.54, 1.807) is 28.5 Å². The second-order valence-corrected chi connectivity index (χ2v) is 15.9. The summed E-state index contributed by atoms with van der Waals surface area (Å²) in [6.45, 7) is 5.34. The number of rotatable bonds is 23.